The van der Waals surface area contributed by atoms with E-state index in [2.05, 4.69) is 25.4 Å². The molecule has 0 fully saturated rings. The van der Waals surface area contributed by atoms with Gasteiger partial charge >= 0.3 is 5.76 Å². The average molecular weight is 384 g/mol. The third-order valence-electron chi connectivity index (χ3n) is 4.25. The molecule has 4 aromatic rings. The van der Waals surface area contributed by atoms with Crippen LogP contribution in [0.1, 0.15) is 17.0 Å². The molecule has 0 aliphatic rings. The number of amides is 1. The zero-order valence-electron chi connectivity index (χ0n) is 14.9. The van der Waals surface area contributed by atoms with Crippen molar-refractivity contribution in [2.24, 2.45) is 0 Å². The Kier molecular flexibility index (Phi) is 4.19. The van der Waals surface area contributed by atoms with Crippen LogP contribution in [0.5, 0.6) is 0 Å². The Morgan fingerprint density at radius 3 is 2.93 bits per heavy atom. The van der Waals surface area contributed by atoms with Gasteiger partial charge < -0.3 is 9.73 Å². The molecule has 1 aromatic carbocycles. The average Bonchev–Trinajstić information content (AvgIpc) is 3.20. The topological polar surface area (TPSA) is 118 Å². The van der Waals surface area contributed by atoms with Gasteiger partial charge in [-0.25, -0.2) is 14.3 Å². The van der Waals surface area contributed by atoms with Crippen molar-refractivity contribution in [1.29, 1.82) is 0 Å². The van der Waals surface area contributed by atoms with Crippen molar-refractivity contribution >= 4 is 40.2 Å². The third kappa shape index (κ3) is 3.19. The zero-order chi connectivity index (χ0) is 19.1. The van der Waals surface area contributed by atoms with Gasteiger partial charge in [0.2, 0.25) is 11.1 Å². The Morgan fingerprint density at radius 2 is 2.15 bits per heavy atom. The molecule has 1 amide bonds. The molecule has 0 bridgehead atoms. The number of aromatic amines is 1. The van der Waals surface area contributed by atoms with Crippen LogP contribution in [0, 0.1) is 13.8 Å². The van der Waals surface area contributed by atoms with E-state index in [0.29, 0.717) is 27.7 Å². The van der Waals surface area contributed by atoms with Gasteiger partial charge in [0.25, 0.3) is 5.78 Å². The number of aromatic nitrogens is 5. The number of thioether (sulfide) groups is 1. The van der Waals surface area contributed by atoms with Crippen LogP contribution in [0.3, 0.4) is 0 Å². The minimum Gasteiger partial charge on any atom is -0.408 e. The fraction of sp³-hybridized carbons (Fsp3) is 0.235. The quantitative estimate of drug-likeness (QED) is 0.517. The van der Waals surface area contributed by atoms with E-state index in [0.717, 1.165) is 17.0 Å². The highest BCUT2D eigenvalue weighted by Crippen LogP contribution is 2.19. The minimum absolute atomic E-state index is 0.148. The van der Waals surface area contributed by atoms with Crippen LogP contribution in [-0.2, 0) is 11.2 Å². The number of nitrogens with zero attached hydrogens (tertiary/aromatic N) is 4. The van der Waals surface area contributed by atoms with Crippen LogP contribution < -0.4 is 11.1 Å². The van der Waals surface area contributed by atoms with Crippen LogP contribution in [0.25, 0.3) is 16.9 Å². The summed E-state index contributed by atoms with van der Waals surface area (Å²) in [6, 6.07) is 4.97. The summed E-state index contributed by atoms with van der Waals surface area (Å²) in [4.78, 5) is 35.1. The van der Waals surface area contributed by atoms with Crippen molar-refractivity contribution in [3.8, 4) is 0 Å². The summed E-state index contributed by atoms with van der Waals surface area (Å²) in [5, 5.41) is 7.85. The molecule has 0 saturated heterocycles. The summed E-state index contributed by atoms with van der Waals surface area (Å²) >= 11 is 1.44. The van der Waals surface area contributed by atoms with E-state index in [1.807, 2.05) is 20.1 Å². The number of carbonyl (C=O) groups excluding carboxylic acids is 1. The molecular formula is C17H16N6O3S. The fourth-order valence-electron chi connectivity index (χ4n) is 2.93. The number of anilines is 1. The Balaban J connectivity index is 1.60. The van der Waals surface area contributed by atoms with E-state index in [-0.39, 0.29) is 12.3 Å². The number of benzene rings is 1. The Bertz CT molecular complexity index is 1240. The summed E-state index contributed by atoms with van der Waals surface area (Å²) in [5.41, 5.74) is 3.91. The molecule has 4 rings (SSSR count). The van der Waals surface area contributed by atoms with Crippen molar-refractivity contribution in [1.82, 2.24) is 24.6 Å². The summed E-state index contributed by atoms with van der Waals surface area (Å²) in [7, 11) is 0. The lowest BCUT2D eigenvalue weighted by Gasteiger charge is -2.10. The lowest BCUT2D eigenvalue weighted by molar-refractivity contribution is -0.115. The molecule has 138 valence electrons. The lowest BCUT2D eigenvalue weighted by Crippen LogP contribution is -2.17. The summed E-state index contributed by atoms with van der Waals surface area (Å²) < 4.78 is 6.61. The molecule has 0 atom stereocenters. The second-order valence-electron chi connectivity index (χ2n) is 6.02. The van der Waals surface area contributed by atoms with Gasteiger partial charge in [0.05, 0.1) is 11.9 Å². The monoisotopic (exact) mass is 384 g/mol. The van der Waals surface area contributed by atoms with Gasteiger partial charge in [-0.15, -0.1) is 5.10 Å². The van der Waals surface area contributed by atoms with Gasteiger partial charge in [0, 0.05) is 22.6 Å². The maximum Gasteiger partial charge on any atom is 0.417 e. The molecule has 0 aliphatic carbocycles. The van der Waals surface area contributed by atoms with Gasteiger partial charge in [-0.1, -0.05) is 11.8 Å². The number of oxazole rings is 1. The molecule has 3 aromatic heterocycles. The van der Waals surface area contributed by atoms with Gasteiger partial charge in [-0.2, -0.15) is 4.98 Å². The maximum atomic E-state index is 12.5. The van der Waals surface area contributed by atoms with Crippen molar-refractivity contribution < 1.29 is 9.21 Å². The third-order valence-corrected chi connectivity index (χ3v) is 4.79. The number of H-pyrrole nitrogens is 1. The highest BCUT2D eigenvalue weighted by molar-refractivity contribution is 7.98. The molecule has 27 heavy (non-hydrogen) atoms. The lowest BCUT2D eigenvalue weighted by atomic mass is 10.1. The second-order valence-corrected chi connectivity index (χ2v) is 6.80. The summed E-state index contributed by atoms with van der Waals surface area (Å²) in [6.07, 6.45) is 2.05. The van der Waals surface area contributed by atoms with Gasteiger partial charge in [-0.05, 0) is 38.3 Å². The van der Waals surface area contributed by atoms with Gasteiger partial charge in [0.15, 0.2) is 5.58 Å². The minimum atomic E-state index is -0.531. The van der Waals surface area contributed by atoms with E-state index in [4.69, 9.17) is 4.42 Å². The number of fused-ring (bicyclic) bond motifs is 2. The Labute approximate surface area is 157 Å². The second kappa shape index (κ2) is 6.54. The molecule has 0 spiro atoms. The molecule has 0 unspecified atom stereocenters. The van der Waals surface area contributed by atoms with E-state index in [9.17, 15) is 9.59 Å². The van der Waals surface area contributed by atoms with E-state index in [1.165, 1.54) is 11.8 Å². The van der Waals surface area contributed by atoms with E-state index < -0.39 is 5.76 Å². The number of hydrogen-bond donors (Lipinski definition) is 2. The van der Waals surface area contributed by atoms with Crippen molar-refractivity contribution in [3.63, 3.8) is 0 Å². The van der Waals surface area contributed by atoms with Gasteiger partial charge in [-0.3, -0.25) is 9.78 Å². The van der Waals surface area contributed by atoms with E-state index in [1.54, 1.807) is 22.7 Å². The van der Waals surface area contributed by atoms with Crippen LogP contribution in [-0.4, -0.2) is 36.7 Å². The molecule has 0 aliphatic heterocycles. The number of hydrogen-bond acceptors (Lipinski definition) is 7. The van der Waals surface area contributed by atoms with Crippen LogP contribution in [0.2, 0.25) is 0 Å². The SMILES string of the molecule is CSc1nc2nc(C)c(CC(=O)Nc3ccc4oc(=O)[nH]c4c3)c(C)n2n1. The predicted molar refractivity (Wildman–Crippen MR) is 101 cm³/mol. The smallest absolute Gasteiger partial charge is 0.408 e. The first-order valence-electron chi connectivity index (χ1n) is 8.14. The molecule has 0 radical (unpaired) electrons. The van der Waals surface area contributed by atoms with Crippen molar-refractivity contribution in [2.45, 2.75) is 25.4 Å². The van der Waals surface area contributed by atoms with E-state index >= 15 is 0 Å². The van der Waals surface area contributed by atoms with Crippen LogP contribution in [0.15, 0.2) is 32.6 Å². The summed E-state index contributed by atoms with van der Waals surface area (Å²) in [6.45, 7) is 3.75. The van der Waals surface area contributed by atoms with Gasteiger partial charge in [0.1, 0.15) is 0 Å². The van der Waals surface area contributed by atoms with Crippen LogP contribution >= 0.6 is 11.8 Å². The fourth-order valence-corrected chi connectivity index (χ4v) is 3.26. The van der Waals surface area contributed by atoms with Crippen molar-refractivity contribution in [2.75, 3.05) is 11.6 Å². The highest BCUT2D eigenvalue weighted by Gasteiger charge is 2.16. The first kappa shape index (κ1) is 17.3. The standard InChI is InChI=1S/C17H16N6O3S/c1-8-11(9(2)23-15(18-8)21-16(22-23)27-3)7-14(24)19-10-4-5-13-12(6-10)20-17(25)26-13/h4-6H,7H2,1-3H3,(H,19,24)(H,20,25). The zero-order valence-corrected chi connectivity index (χ0v) is 15.7. The molecule has 2 N–H and O–H groups in total. The maximum absolute atomic E-state index is 12.5. The molecule has 9 nitrogen and oxygen atoms in total. The highest BCUT2D eigenvalue weighted by atomic mass is 32.2. The molecule has 0 saturated carbocycles. The number of rotatable bonds is 4. The van der Waals surface area contributed by atoms with Crippen LogP contribution in [0.4, 0.5) is 5.69 Å². The Hall–Kier alpha value is -3.14. The molecule has 10 heteroatoms. The first-order chi connectivity index (χ1) is 12.9. The largest absolute Gasteiger partial charge is 0.417 e. The number of aryl methyl sites for hydroxylation is 2. The predicted octanol–water partition coefficient (Wildman–Crippen LogP) is 2.08. The number of carbonyl (C=O) groups is 1. The normalized spacial score (nSPS) is 11.4. The number of nitrogens with one attached hydrogen (secondary N) is 2. The van der Waals surface area contributed by atoms with Crippen molar-refractivity contribution in [3.05, 3.63) is 45.7 Å². The molecular weight excluding hydrogens is 368 g/mol. The molecule has 3 heterocycles. The summed E-state index contributed by atoms with van der Waals surface area (Å²) in [5.74, 6) is -0.206. The Morgan fingerprint density at radius 1 is 1.33 bits per heavy atom. The first-order valence-corrected chi connectivity index (χ1v) is 9.36.